The molecule has 0 spiro atoms. The largest absolute Gasteiger partial charge is 0.325 e. The average Bonchev–Trinajstić information content (AvgIpc) is 3.02. The van der Waals surface area contributed by atoms with Gasteiger partial charge in [-0.1, -0.05) is 0 Å². The summed E-state index contributed by atoms with van der Waals surface area (Å²) in [5, 5.41) is 3.78. The number of rotatable bonds is 3. The Morgan fingerprint density at radius 2 is 2.23 bits per heavy atom. The Kier molecular flexibility index (Phi) is 3.92. The van der Waals surface area contributed by atoms with Gasteiger partial charge in [0.2, 0.25) is 15.9 Å². The molecule has 118 valence electrons. The maximum Gasteiger partial charge on any atom is 0.242 e. The highest BCUT2D eigenvalue weighted by Gasteiger charge is 2.36. The van der Waals surface area contributed by atoms with Gasteiger partial charge in [-0.3, -0.25) is 4.79 Å². The fourth-order valence-electron chi connectivity index (χ4n) is 2.75. The lowest BCUT2D eigenvalue weighted by atomic mass is 10.2. The Morgan fingerprint density at radius 3 is 2.95 bits per heavy atom. The maximum atomic E-state index is 12.4. The Hall–Kier alpha value is -1.51. The predicted molar refractivity (Wildman–Crippen MR) is 87.6 cm³/mol. The first-order valence-corrected chi connectivity index (χ1v) is 9.66. The van der Waals surface area contributed by atoms with E-state index in [0.717, 1.165) is 21.5 Å². The molecule has 1 aromatic heterocycles. The molecule has 6 nitrogen and oxygen atoms in total. The lowest BCUT2D eigenvalue weighted by molar-refractivity contribution is -0.119. The Morgan fingerprint density at radius 1 is 1.45 bits per heavy atom. The van der Waals surface area contributed by atoms with Crippen molar-refractivity contribution in [1.82, 2.24) is 9.29 Å². The highest BCUT2D eigenvalue weighted by Crippen LogP contribution is 2.26. The Labute approximate surface area is 133 Å². The standard InChI is InChI=1S/C14H17N3O3S2/c1-9-15-11-8-10(5-6-13(11)21-9)16-14(18)12-4-3-7-17(12)22(2,19)20/h5-6,8,12H,3-4,7H2,1-2H3,(H,16,18). The SMILES string of the molecule is Cc1nc2cc(NC(=O)C3CCCN3S(C)(=O)=O)ccc2s1. The molecule has 0 aliphatic carbocycles. The third-order valence-electron chi connectivity index (χ3n) is 3.69. The van der Waals surface area contributed by atoms with Crippen LogP contribution in [0.1, 0.15) is 17.8 Å². The second kappa shape index (κ2) is 5.60. The van der Waals surface area contributed by atoms with E-state index in [2.05, 4.69) is 10.3 Å². The first kappa shape index (κ1) is 15.4. The Bertz CT molecular complexity index is 829. The summed E-state index contributed by atoms with van der Waals surface area (Å²) in [6, 6.07) is 4.93. The van der Waals surface area contributed by atoms with Crippen LogP contribution in [0.25, 0.3) is 10.2 Å². The number of anilines is 1. The molecule has 1 atom stereocenters. The number of carbonyl (C=O) groups is 1. The van der Waals surface area contributed by atoms with Gasteiger partial charge in [0.25, 0.3) is 0 Å². The van der Waals surface area contributed by atoms with E-state index >= 15 is 0 Å². The van der Waals surface area contributed by atoms with Crippen molar-refractivity contribution in [3.63, 3.8) is 0 Å². The summed E-state index contributed by atoms with van der Waals surface area (Å²) >= 11 is 1.60. The molecule has 1 aliphatic heterocycles. The molecule has 1 aromatic carbocycles. The monoisotopic (exact) mass is 339 g/mol. The van der Waals surface area contributed by atoms with Gasteiger partial charge >= 0.3 is 0 Å². The topological polar surface area (TPSA) is 79.4 Å². The van der Waals surface area contributed by atoms with E-state index in [4.69, 9.17) is 0 Å². The van der Waals surface area contributed by atoms with Crippen molar-refractivity contribution in [3.05, 3.63) is 23.2 Å². The molecule has 1 fully saturated rings. The van der Waals surface area contributed by atoms with Crippen LogP contribution in [0.15, 0.2) is 18.2 Å². The zero-order chi connectivity index (χ0) is 15.9. The molecule has 0 radical (unpaired) electrons. The Balaban J connectivity index is 1.80. The number of amides is 1. The zero-order valence-electron chi connectivity index (χ0n) is 12.4. The minimum absolute atomic E-state index is 0.283. The third kappa shape index (κ3) is 2.99. The third-order valence-corrected chi connectivity index (χ3v) is 5.94. The number of fused-ring (bicyclic) bond motifs is 1. The highest BCUT2D eigenvalue weighted by molar-refractivity contribution is 7.88. The van der Waals surface area contributed by atoms with Gasteiger partial charge in [-0.25, -0.2) is 13.4 Å². The van der Waals surface area contributed by atoms with Crippen LogP contribution in [-0.2, 0) is 14.8 Å². The molecule has 1 unspecified atom stereocenters. The summed E-state index contributed by atoms with van der Waals surface area (Å²) in [6.45, 7) is 2.34. The number of aryl methyl sites for hydroxylation is 1. The number of thiazole rings is 1. The molecule has 1 saturated heterocycles. The molecule has 1 N–H and O–H groups in total. The minimum atomic E-state index is -3.36. The molecule has 3 rings (SSSR count). The van der Waals surface area contributed by atoms with Crippen molar-refractivity contribution in [1.29, 1.82) is 0 Å². The summed E-state index contributed by atoms with van der Waals surface area (Å²) in [5.74, 6) is -0.283. The quantitative estimate of drug-likeness (QED) is 0.927. The number of benzene rings is 1. The van der Waals surface area contributed by atoms with E-state index in [1.54, 1.807) is 11.3 Å². The van der Waals surface area contributed by atoms with Gasteiger partial charge in [0.1, 0.15) is 6.04 Å². The van der Waals surface area contributed by atoms with Gasteiger partial charge in [-0.2, -0.15) is 4.31 Å². The van der Waals surface area contributed by atoms with Crippen molar-refractivity contribution < 1.29 is 13.2 Å². The van der Waals surface area contributed by atoms with Crippen molar-refractivity contribution in [2.24, 2.45) is 0 Å². The van der Waals surface area contributed by atoms with E-state index in [9.17, 15) is 13.2 Å². The zero-order valence-corrected chi connectivity index (χ0v) is 14.0. The van der Waals surface area contributed by atoms with Crippen LogP contribution >= 0.6 is 11.3 Å². The number of hydrogen-bond acceptors (Lipinski definition) is 5. The summed E-state index contributed by atoms with van der Waals surface area (Å²) in [6.07, 6.45) is 2.40. The lowest BCUT2D eigenvalue weighted by Crippen LogP contribution is -2.42. The van der Waals surface area contributed by atoms with Gasteiger partial charge in [0, 0.05) is 12.2 Å². The van der Waals surface area contributed by atoms with Crippen LogP contribution < -0.4 is 5.32 Å². The summed E-state index contributed by atoms with van der Waals surface area (Å²) < 4.78 is 25.8. The van der Waals surface area contributed by atoms with Crippen LogP contribution in [0.2, 0.25) is 0 Å². The predicted octanol–water partition coefficient (Wildman–Crippen LogP) is 1.97. The average molecular weight is 339 g/mol. The molecule has 1 amide bonds. The number of nitrogens with one attached hydrogen (secondary N) is 1. The van der Waals surface area contributed by atoms with Crippen LogP contribution in [-0.4, -0.2) is 42.5 Å². The van der Waals surface area contributed by atoms with Gasteiger partial charge < -0.3 is 5.32 Å². The fraction of sp³-hybridized carbons (Fsp3) is 0.429. The van der Waals surface area contributed by atoms with Gasteiger partial charge in [0.15, 0.2) is 0 Å². The van der Waals surface area contributed by atoms with Crippen LogP contribution in [0, 0.1) is 6.92 Å². The molecule has 2 heterocycles. The molecule has 0 saturated carbocycles. The molecule has 1 aliphatic rings. The van der Waals surface area contributed by atoms with Crippen molar-refractivity contribution in [3.8, 4) is 0 Å². The fourth-order valence-corrected chi connectivity index (χ4v) is 4.68. The molecular weight excluding hydrogens is 322 g/mol. The number of nitrogens with zero attached hydrogens (tertiary/aromatic N) is 2. The second-order valence-corrected chi connectivity index (χ2v) is 8.61. The first-order valence-electron chi connectivity index (χ1n) is 6.99. The summed E-state index contributed by atoms with van der Waals surface area (Å²) in [5.41, 5.74) is 1.48. The minimum Gasteiger partial charge on any atom is -0.325 e. The number of aromatic nitrogens is 1. The summed E-state index contributed by atoms with van der Waals surface area (Å²) in [4.78, 5) is 16.8. The molecule has 8 heteroatoms. The molecular formula is C14H17N3O3S2. The van der Waals surface area contributed by atoms with Crippen LogP contribution in [0.4, 0.5) is 5.69 Å². The normalized spacial score (nSPS) is 19.6. The van der Waals surface area contributed by atoms with E-state index in [1.165, 1.54) is 4.31 Å². The van der Waals surface area contributed by atoms with Gasteiger partial charge in [-0.05, 0) is 38.0 Å². The van der Waals surface area contributed by atoms with E-state index in [0.29, 0.717) is 25.1 Å². The number of sulfonamides is 1. The van der Waals surface area contributed by atoms with E-state index in [1.807, 2.05) is 25.1 Å². The van der Waals surface area contributed by atoms with Gasteiger partial charge in [-0.15, -0.1) is 11.3 Å². The van der Waals surface area contributed by atoms with Crippen LogP contribution in [0.5, 0.6) is 0 Å². The van der Waals surface area contributed by atoms with E-state index < -0.39 is 16.1 Å². The second-order valence-electron chi connectivity index (χ2n) is 5.44. The highest BCUT2D eigenvalue weighted by atomic mass is 32.2. The molecule has 0 bridgehead atoms. The van der Waals surface area contributed by atoms with E-state index in [-0.39, 0.29) is 5.91 Å². The molecule has 22 heavy (non-hydrogen) atoms. The molecule has 2 aromatic rings. The smallest absolute Gasteiger partial charge is 0.242 e. The lowest BCUT2D eigenvalue weighted by Gasteiger charge is -2.21. The number of hydrogen-bond donors (Lipinski definition) is 1. The number of carbonyl (C=O) groups excluding carboxylic acids is 1. The summed E-state index contributed by atoms with van der Waals surface area (Å²) in [7, 11) is -3.36. The maximum absolute atomic E-state index is 12.4. The van der Waals surface area contributed by atoms with Gasteiger partial charge in [0.05, 0.1) is 21.5 Å². The first-order chi connectivity index (χ1) is 10.3. The van der Waals surface area contributed by atoms with Crippen molar-refractivity contribution in [2.45, 2.75) is 25.8 Å². The van der Waals surface area contributed by atoms with Crippen molar-refractivity contribution >= 4 is 43.2 Å². The van der Waals surface area contributed by atoms with Crippen LogP contribution in [0.3, 0.4) is 0 Å². The van der Waals surface area contributed by atoms with Crippen molar-refractivity contribution in [2.75, 3.05) is 18.1 Å².